The first-order chi connectivity index (χ1) is 13.3. The number of aliphatic carboxylic acids is 1. The van der Waals surface area contributed by atoms with Crippen molar-refractivity contribution in [3.63, 3.8) is 0 Å². The molecule has 0 saturated heterocycles. The maximum absolute atomic E-state index is 12.3. The Labute approximate surface area is 161 Å². The molecule has 0 spiro atoms. The van der Waals surface area contributed by atoms with Crippen molar-refractivity contribution >= 4 is 17.6 Å². The number of carbonyl (C=O) groups excluding carboxylic acids is 1. The molecule has 2 N–H and O–H groups in total. The smallest absolute Gasteiger partial charge is 0.311 e. The summed E-state index contributed by atoms with van der Waals surface area (Å²) in [5.74, 6) is -2.22. The summed E-state index contributed by atoms with van der Waals surface area (Å²) in [7, 11) is 1.29. The van der Waals surface area contributed by atoms with Gasteiger partial charge < -0.3 is 19.9 Å². The number of rotatable bonds is 9. The van der Waals surface area contributed by atoms with E-state index in [0.29, 0.717) is 5.56 Å². The van der Waals surface area contributed by atoms with Crippen LogP contribution in [0.3, 0.4) is 0 Å². The quantitative estimate of drug-likeness (QED) is 0.499. The highest BCUT2D eigenvalue weighted by molar-refractivity contribution is 5.79. The minimum Gasteiger partial charge on any atom is -0.490 e. The maximum Gasteiger partial charge on any atom is 0.311 e. The van der Waals surface area contributed by atoms with Gasteiger partial charge in [0.2, 0.25) is 5.75 Å². The van der Waals surface area contributed by atoms with Crippen LogP contribution in [-0.4, -0.2) is 35.6 Å². The Morgan fingerprint density at radius 2 is 1.89 bits per heavy atom. The van der Waals surface area contributed by atoms with Gasteiger partial charge in [0.1, 0.15) is 5.75 Å². The normalized spacial score (nSPS) is 12.5. The molecule has 2 aromatic rings. The standard InChI is InChI=1S/C19H20N2O7/c1-12(19(23)24)18(13-6-4-3-5-7-13)20-17(22)11-28-14-8-9-15(21(25)26)16(10-14)27-2/h3-10,12,18H,11H2,1-2H3,(H,20,22)(H,23,24). The van der Waals surface area contributed by atoms with E-state index in [1.54, 1.807) is 30.3 Å². The average Bonchev–Trinajstić information content (AvgIpc) is 2.70. The van der Waals surface area contributed by atoms with Crippen molar-refractivity contribution < 1.29 is 29.1 Å². The number of hydrogen-bond acceptors (Lipinski definition) is 6. The van der Waals surface area contributed by atoms with Gasteiger partial charge in [-0.15, -0.1) is 0 Å². The Morgan fingerprint density at radius 3 is 2.46 bits per heavy atom. The molecule has 0 aliphatic rings. The number of ether oxygens (including phenoxy) is 2. The predicted octanol–water partition coefficient (Wildman–Crippen LogP) is 2.56. The molecule has 1 amide bonds. The average molecular weight is 388 g/mol. The Balaban J connectivity index is 2.07. The molecule has 9 nitrogen and oxygen atoms in total. The number of benzene rings is 2. The predicted molar refractivity (Wildman–Crippen MR) is 99.3 cm³/mol. The number of methoxy groups -OCH3 is 1. The molecule has 2 rings (SSSR count). The van der Waals surface area contributed by atoms with Crippen LogP contribution in [0.1, 0.15) is 18.5 Å². The van der Waals surface area contributed by atoms with Gasteiger partial charge in [0.25, 0.3) is 5.91 Å². The number of carboxylic acid groups (broad SMARTS) is 1. The van der Waals surface area contributed by atoms with E-state index >= 15 is 0 Å². The fourth-order valence-electron chi connectivity index (χ4n) is 2.56. The summed E-state index contributed by atoms with van der Waals surface area (Å²) in [4.78, 5) is 34.0. The van der Waals surface area contributed by atoms with Crippen molar-refractivity contribution in [2.45, 2.75) is 13.0 Å². The van der Waals surface area contributed by atoms with Crippen LogP contribution in [0.4, 0.5) is 5.69 Å². The van der Waals surface area contributed by atoms with Gasteiger partial charge in [-0.25, -0.2) is 0 Å². The van der Waals surface area contributed by atoms with Crippen molar-refractivity contribution in [2.24, 2.45) is 5.92 Å². The van der Waals surface area contributed by atoms with Crippen molar-refractivity contribution in [1.29, 1.82) is 0 Å². The lowest BCUT2D eigenvalue weighted by Crippen LogP contribution is -2.38. The molecule has 0 radical (unpaired) electrons. The first-order valence-electron chi connectivity index (χ1n) is 8.35. The number of nitro benzene ring substituents is 1. The van der Waals surface area contributed by atoms with Gasteiger partial charge in [-0.3, -0.25) is 19.7 Å². The van der Waals surface area contributed by atoms with Crippen LogP contribution in [0, 0.1) is 16.0 Å². The topological polar surface area (TPSA) is 128 Å². The van der Waals surface area contributed by atoms with Gasteiger partial charge in [-0.2, -0.15) is 0 Å². The number of nitro groups is 1. The van der Waals surface area contributed by atoms with E-state index in [9.17, 15) is 24.8 Å². The van der Waals surface area contributed by atoms with Crippen LogP contribution in [-0.2, 0) is 9.59 Å². The van der Waals surface area contributed by atoms with Crippen LogP contribution in [0.15, 0.2) is 48.5 Å². The van der Waals surface area contributed by atoms with E-state index in [-0.39, 0.29) is 17.2 Å². The van der Waals surface area contributed by atoms with Gasteiger partial charge >= 0.3 is 11.7 Å². The number of nitrogens with one attached hydrogen (secondary N) is 1. The van der Waals surface area contributed by atoms with Gasteiger partial charge in [0.05, 0.1) is 24.0 Å². The highest BCUT2D eigenvalue weighted by Gasteiger charge is 2.27. The number of hydrogen-bond donors (Lipinski definition) is 2. The van der Waals surface area contributed by atoms with E-state index in [1.165, 1.54) is 32.2 Å². The number of carbonyl (C=O) groups is 2. The van der Waals surface area contributed by atoms with Crippen LogP contribution in [0.25, 0.3) is 0 Å². The first kappa shape index (κ1) is 20.7. The lowest BCUT2D eigenvalue weighted by molar-refractivity contribution is -0.385. The summed E-state index contributed by atoms with van der Waals surface area (Å²) >= 11 is 0. The molecule has 0 heterocycles. The maximum atomic E-state index is 12.3. The molecule has 148 valence electrons. The fraction of sp³-hybridized carbons (Fsp3) is 0.263. The molecule has 0 bridgehead atoms. The van der Waals surface area contributed by atoms with Crippen molar-refractivity contribution in [1.82, 2.24) is 5.32 Å². The van der Waals surface area contributed by atoms with E-state index in [4.69, 9.17) is 9.47 Å². The molecule has 0 aliphatic heterocycles. The molecule has 0 aliphatic carbocycles. The summed E-state index contributed by atoms with van der Waals surface area (Å²) in [5.41, 5.74) is 0.432. The number of amides is 1. The summed E-state index contributed by atoms with van der Waals surface area (Å²) in [6.45, 7) is 1.11. The zero-order valence-corrected chi connectivity index (χ0v) is 15.3. The third-order valence-corrected chi connectivity index (χ3v) is 4.08. The lowest BCUT2D eigenvalue weighted by atomic mass is 9.94. The Kier molecular flexibility index (Phi) is 6.91. The van der Waals surface area contributed by atoms with E-state index < -0.39 is 35.4 Å². The summed E-state index contributed by atoms with van der Waals surface area (Å²) in [6.07, 6.45) is 0. The van der Waals surface area contributed by atoms with Crippen molar-refractivity contribution in [3.8, 4) is 11.5 Å². The highest BCUT2D eigenvalue weighted by atomic mass is 16.6. The molecule has 2 aromatic carbocycles. The molecule has 9 heteroatoms. The Morgan fingerprint density at radius 1 is 1.21 bits per heavy atom. The molecule has 0 fully saturated rings. The third kappa shape index (κ3) is 5.19. The SMILES string of the molecule is COc1cc(OCC(=O)NC(c2ccccc2)C(C)C(=O)O)ccc1[N+](=O)[O-]. The second kappa shape index (κ2) is 9.36. The molecule has 2 atom stereocenters. The minimum absolute atomic E-state index is 0.00423. The Hall–Kier alpha value is -3.62. The molecular weight excluding hydrogens is 368 g/mol. The van der Waals surface area contributed by atoms with Crippen LogP contribution >= 0.6 is 0 Å². The van der Waals surface area contributed by atoms with E-state index in [0.717, 1.165) is 0 Å². The molecule has 28 heavy (non-hydrogen) atoms. The third-order valence-electron chi connectivity index (χ3n) is 4.08. The van der Waals surface area contributed by atoms with Crippen molar-refractivity contribution in [2.75, 3.05) is 13.7 Å². The van der Waals surface area contributed by atoms with E-state index in [1.807, 2.05) is 0 Å². The largest absolute Gasteiger partial charge is 0.490 e. The number of nitrogens with zero attached hydrogens (tertiary/aromatic N) is 1. The van der Waals surface area contributed by atoms with Crippen LogP contribution in [0.5, 0.6) is 11.5 Å². The monoisotopic (exact) mass is 388 g/mol. The van der Waals surface area contributed by atoms with Gasteiger partial charge in [0, 0.05) is 12.1 Å². The lowest BCUT2D eigenvalue weighted by Gasteiger charge is -2.23. The van der Waals surface area contributed by atoms with E-state index in [2.05, 4.69) is 5.32 Å². The van der Waals surface area contributed by atoms with Crippen LogP contribution in [0.2, 0.25) is 0 Å². The van der Waals surface area contributed by atoms with Gasteiger partial charge in [-0.05, 0) is 18.6 Å². The molecule has 0 saturated carbocycles. The Bertz CT molecular complexity index is 855. The van der Waals surface area contributed by atoms with Crippen LogP contribution < -0.4 is 14.8 Å². The van der Waals surface area contributed by atoms with Gasteiger partial charge in [0.15, 0.2) is 6.61 Å². The number of carboxylic acids is 1. The zero-order chi connectivity index (χ0) is 20.7. The molecule has 2 unspecified atom stereocenters. The van der Waals surface area contributed by atoms with Crippen molar-refractivity contribution in [3.05, 3.63) is 64.2 Å². The summed E-state index contributed by atoms with van der Waals surface area (Å²) in [6, 6.07) is 11.9. The fourth-order valence-corrected chi connectivity index (χ4v) is 2.56. The zero-order valence-electron chi connectivity index (χ0n) is 15.3. The second-order valence-electron chi connectivity index (χ2n) is 5.96. The molecule has 0 aromatic heterocycles. The molecular formula is C19H20N2O7. The first-order valence-corrected chi connectivity index (χ1v) is 8.35. The minimum atomic E-state index is -1.05. The summed E-state index contributed by atoms with van der Waals surface area (Å²) < 4.78 is 10.3. The summed E-state index contributed by atoms with van der Waals surface area (Å²) in [5, 5.41) is 22.9. The van der Waals surface area contributed by atoms with Gasteiger partial charge in [-0.1, -0.05) is 30.3 Å². The second-order valence-corrected chi connectivity index (χ2v) is 5.96. The highest BCUT2D eigenvalue weighted by Crippen LogP contribution is 2.30.